The zero-order valence-electron chi connectivity index (χ0n) is 15.9. The number of hydrogen-bond donors (Lipinski definition) is 1. The quantitative estimate of drug-likeness (QED) is 0.716. The molecule has 2 N–H and O–H groups in total. The van der Waals surface area contributed by atoms with Crippen molar-refractivity contribution in [2.45, 2.75) is 42.0 Å². The maximum atomic E-state index is 15.3. The van der Waals surface area contributed by atoms with E-state index < -0.39 is 31.4 Å². The van der Waals surface area contributed by atoms with Crippen LogP contribution in [0, 0.1) is 5.82 Å². The molecule has 0 saturated heterocycles. The van der Waals surface area contributed by atoms with E-state index >= 15 is 4.39 Å². The molecule has 0 unspecified atom stereocenters. The Labute approximate surface area is 177 Å². The fraction of sp³-hybridized carbons (Fsp3) is 0.350. The number of rotatable bonds is 4. The van der Waals surface area contributed by atoms with E-state index in [0.29, 0.717) is 10.6 Å². The van der Waals surface area contributed by atoms with Crippen molar-refractivity contribution in [3.8, 4) is 0 Å². The summed E-state index contributed by atoms with van der Waals surface area (Å²) in [6.45, 7) is 1.20. The highest BCUT2D eigenvalue weighted by Crippen LogP contribution is 2.53. The Bertz CT molecular complexity index is 1180. The van der Waals surface area contributed by atoms with Crippen LogP contribution in [0.3, 0.4) is 0 Å². The van der Waals surface area contributed by atoms with E-state index in [9.17, 15) is 17.6 Å². The smallest absolute Gasteiger partial charge is 0.230 e. The number of sulfone groups is 1. The molecule has 2 aliphatic rings. The average molecular weight is 454 g/mol. The first-order valence-electron chi connectivity index (χ1n) is 9.18. The predicted octanol–water partition coefficient (Wildman–Crippen LogP) is 3.13. The molecule has 1 aromatic heterocycles. The molecule has 30 heavy (non-hydrogen) atoms. The summed E-state index contributed by atoms with van der Waals surface area (Å²) in [5, 5.41) is 0.375. The van der Waals surface area contributed by atoms with E-state index in [2.05, 4.69) is 9.98 Å². The topological polar surface area (TPSA) is 102 Å². The first-order valence-corrected chi connectivity index (χ1v) is 11.1. The number of nitrogens with two attached hydrogens (primary N) is 1. The lowest BCUT2D eigenvalue weighted by Crippen LogP contribution is -2.54. The number of nitrogens with zero attached hydrogens (tertiary/aromatic N) is 2. The molecular weight excluding hydrogens is 436 g/mol. The zero-order valence-corrected chi connectivity index (χ0v) is 17.5. The van der Waals surface area contributed by atoms with Crippen LogP contribution in [0.15, 0.2) is 41.5 Å². The Balaban J connectivity index is 1.72. The molecule has 0 bridgehead atoms. The van der Waals surface area contributed by atoms with Crippen molar-refractivity contribution in [3.63, 3.8) is 0 Å². The first-order chi connectivity index (χ1) is 14.0. The summed E-state index contributed by atoms with van der Waals surface area (Å²) < 4.78 is 54.0. The third kappa shape index (κ3) is 3.02. The summed E-state index contributed by atoms with van der Waals surface area (Å²) in [5.41, 5.74) is 1.63. The maximum Gasteiger partial charge on any atom is 0.230 e. The summed E-state index contributed by atoms with van der Waals surface area (Å²) in [7, 11) is -4.31. The minimum Gasteiger partial charge on any atom is -0.386 e. The maximum absolute atomic E-state index is 15.3. The van der Waals surface area contributed by atoms with Crippen molar-refractivity contribution < 1.29 is 22.0 Å². The number of ketones is 1. The Hall–Kier alpha value is -2.39. The van der Waals surface area contributed by atoms with Crippen LogP contribution in [0.2, 0.25) is 5.02 Å². The van der Waals surface area contributed by atoms with Crippen LogP contribution in [0.5, 0.6) is 0 Å². The molecule has 1 aliphatic carbocycles. The minimum atomic E-state index is -4.31. The third-order valence-corrected chi connectivity index (χ3v) is 8.67. The molecule has 1 aliphatic heterocycles. The van der Waals surface area contributed by atoms with Gasteiger partial charge in [-0.3, -0.25) is 14.8 Å². The lowest BCUT2D eigenvalue weighted by molar-refractivity contribution is 0.0988. The molecule has 2 atom stereocenters. The molecule has 0 amide bonds. The number of carbonyl (C=O) groups is 1. The van der Waals surface area contributed by atoms with Crippen molar-refractivity contribution in [2.24, 2.45) is 10.7 Å². The van der Waals surface area contributed by atoms with Crippen molar-refractivity contribution in [1.29, 1.82) is 0 Å². The zero-order chi connectivity index (χ0) is 21.9. The van der Waals surface area contributed by atoms with Crippen LogP contribution < -0.4 is 5.73 Å². The highest BCUT2D eigenvalue weighted by Gasteiger charge is 2.67. The van der Waals surface area contributed by atoms with E-state index in [4.69, 9.17) is 17.3 Å². The Morgan fingerprint density at radius 2 is 2.00 bits per heavy atom. The second-order valence-corrected chi connectivity index (χ2v) is 10.5. The number of aromatic nitrogens is 1. The van der Waals surface area contributed by atoms with Crippen LogP contribution in [-0.4, -0.2) is 35.3 Å². The molecule has 2 heterocycles. The minimum absolute atomic E-state index is 0.148. The second-order valence-electron chi connectivity index (χ2n) is 7.78. The highest BCUT2D eigenvalue weighted by molar-refractivity contribution is 7.94. The molecule has 158 valence electrons. The molecule has 10 heteroatoms. The van der Waals surface area contributed by atoms with Gasteiger partial charge in [0.1, 0.15) is 27.6 Å². The number of Topliss-reactive ketones (excluding diaryl/α,β-unsaturated/α-hetero) is 1. The summed E-state index contributed by atoms with van der Waals surface area (Å²) in [6, 6.07) is 6.67. The lowest BCUT2D eigenvalue weighted by atomic mass is 9.90. The van der Waals surface area contributed by atoms with Crippen molar-refractivity contribution in [3.05, 3.63) is 64.2 Å². The fourth-order valence-corrected chi connectivity index (χ4v) is 6.07. The number of aliphatic imine (C=N–C) groups is 1. The van der Waals surface area contributed by atoms with E-state index in [1.807, 2.05) is 0 Å². The molecular formula is C20H18ClF2N3O3S. The molecule has 6 nitrogen and oxygen atoms in total. The number of carbonyl (C=O) groups excluding carboxylic acids is 1. The molecule has 2 aromatic rings. The molecule has 1 aromatic carbocycles. The number of hydrogen-bond acceptors (Lipinski definition) is 6. The van der Waals surface area contributed by atoms with Gasteiger partial charge < -0.3 is 5.73 Å². The molecule has 4 rings (SSSR count). The standard InChI is InChI=1S/C20H18ClF2N3O3S/c1-19(17(23)30(28,29)20(6-7-20)18(24)26-19)13-8-11(2-4-14(13)22)9-16(27)15-5-3-12(21)10-25-15/h2-5,8,10,17H,6-7,9H2,1H3,(H2,24,26)/t17-,19+/m0/s1. The van der Waals surface area contributed by atoms with Gasteiger partial charge >= 0.3 is 0 Å². The lowest BCUT2D eigenvalue weighted by Gasteiger charge is -2.37. The third-order valence-electron chi connectivity index (χ3n) is 5.74. The fourth-order valence-electron chi connectivity index (χ4n) is 3.77. The average Bonchev–Trinajstić information content (AvgIpc) is 3.50. The van der Waals surface area contributed by atoms with Gasteiger partial charge in [-0.25, -0.2) is 17.2 Å². The summed E-state index contributed by atoms with van der Waals surface area (Å²) >= 11 is 5.77. The van der Waals surface area contributed by atoms with E-state index in [1.165, 1.54) is 37.4 Å². The van der Waals surface area contributed by atoms with Crippen molar-refractivity contribution >= 4 is 33.1 Å². The van der Waals surface area contributed by atoms with Gasteiger partial charge in [0.2, 0.25) is 5.50 Å². The largest absolute Gasteiger partial charge is 0.386 e. The van der Waals surface area contributed by atoms with Gasteiger partial charge in [0, 0.05) is 18.2 Å². The highest BCUT2D eigenvalue weighted by atomic mass is 35.5. The summed E-state index contributed by atoms with van der Waals surface area (Å²) in [4.78, 5) is 20.5. The van der Waals surface area contributed by atoms with E-state index in [0.717, 1.165) is 6.07 Å². The molecule has 1 spiro atoms. The molecule has 1 fully saturated rings. The van der Waals surface area contributed by atoms with Crippen molar-refractivity contribution in [2.75, 3.05) is 0 Å². The number of halogens is 3. The van der Waals surface area contributed by atoms with Crippen LogP contribution in [-0.2, 0) is 21.8 Å². The number of alkyl halides is 1. The van der Waals surface area contributed by atoms with Crippen LogP contribution >= 0.6 is 11.6 Å². The van der Waals surface area contributed by atoms with Crippen molar-refractivity contribution in [1.82, 2.24) is 4.98 Å². The normalized spacial score (nSPS) is 26.3. The van der Waals surface area contributed by atoms with Gasteiger partial charge in [-0.05, 0) is 49.6 Å². The summed E-state index contributed by atoms with van der Waals surface area (Å²) in [6.07, 6.45) is 1.58. The van der Waals surface area contributed by atoms with E-state index in [-0.39, 0.29) is 42.1 Å². The first kappa shape index (κ1) is 20.9. The predicted molar refractivity (Wildman–Crippen MR) is 108 cm³/mol. The van der Waals surface area contributed by atoms with Gasteiger partial charge in [-0.15, -0.1) is 0 Å². The van der Waals surface area contributed by atoms with Gasteiger partial charge in [0.25, 0.3) is 0 Å². The van der Waals surface area contributed by atoms with E-state index in [1.54, 1.807) is 0 Å². The van der Waals surface area contributed by atoms with Gasteiger partial charge in [0.05, 0.1) is 5.02 Å². The van der Waals surface area contributed by atoms with Crippen LogP contribution in [0.4, 0.5) is 8.78 Å². The Morgan fingerprint density at radius 1 is 1.30 bits per heavy atom. The van der Waals surface area contributed by atoms with Gasteiger partial charge in [0.15, 0.2) is 15.6 Å². The van der Waals surface area contributed by atoms with Crippen LogP contribution in [0.1, 0.15) is 41.4 Å². The Kier molecular flexibility index (Phi) is 4.74. The molecule has 1 saturated carbocycles. The summed E-state index contributed by atoms with van der Waals surface area (Å²) in [5.74, 6) is -1.40. The number of benzene rings is 1. The van der Waals surface area contributed by atoms with Gasteiger partial charge in [-0.2, -0.15) is 0 Å². The number of amidine groups is 1. The number of pyridine rings is 1. The van der Waals surface area contributed by atoms with Gasteiger partial charge in [-0.1, -0.05) is 17.7 Å². The second kappa shape index (κ2) is 6.81. The Morgan fingerprint density at radius 3 is 2.60 bits per heavy atom. The monoisotopic (exact) mass is 453 g/mol. The molecule has 0 radical (unpaired) electrons. The SMILES string of the molecule is C[C@]1(c2cc(CC(=O)c3ccc(Cl)cn3)ccc2F)N=C(N)C2(CC2)S(=O)(=O)[C@@H]1F. The van der Waals surface area contributed by atoms with Crippen LogP contribution in [0.25, 0.3) is 0 Å².